The second-order valence-electron chi connectivity index (χ2n) is 27.7. The minimum absolute atomic E-state index is 0.0781. The largest absolute Gasteiger partial charge is 0.481 e. The van der Waals surface area contributed by atoms with Crippen LogP contribution < -0.4 is 42.1 Å². The Morgan fingerprint density at radius 1 is 0.410 bits per heavy atom. The van der Waals surface area contributed by atoms with E-state index in [1.165, 1.54) is 12.4 Å². The van der Waals surface area contributed by atoms with E-state index in [4.69, 9.17) is 22.9 Å². The summed E-state index contributed by atoms with van der Waals surface area (Å²) in [6.45, 7) is 28.2. The number of aryl methyl sites for hydroxylation is 4. The van der Waals surface area contributed by atoms with Gasteiger partial charge in [-0.3, -0.25) is 52.7 Å². The molecule has 117 heavy (non-hydrogen) atoms. The zero-order valence-electron chi connectivity index (χ0n) is 65.3. The number of rotatable bonds is 19. The molecule has 16 aromatic rings. The van der Waals surface area contributed by atoms with Crippen LogP contribution in [0.3, 0.4) is 0 Å². The van der Waals surface area contributed by atoms with Gasteiger partial charge in [-0.2, -0.15) is 0 Å². The topological polar surface area (TPSA) is 282 Å². The second kappa shape index (κ2) is 34.4. The Balaban J connectivity index is 0.000000145. The highest BCUT2D eigenvalue weighted by Gasteiger charge is 2.26. The fourth-order valence-corrected chi connectivity index (χ4v) is 14.7. The van der Waals surface area contributed by atoms with Crippen molar-refractivity contribution >= 4 is 76.9 Å². The Hall–Kier alpha value is -15.2. The Morgan fingerprint density at radius 3 is 1.26 bits per heavy atom. The van der Waals surface area contributed by atoms with E-state index in [-0.39, 0.29) is 28.8 Å². The van der Waals surface area contributed by atoms with Crippen LogP contribution in [0, 0.1) is 40.8 Å². The molecule has 3 atom stereocenters. The molecule has 0 fully saturated rings. The molecule has 0 aliphatic carbocycles. The first-order valence-corrected chi connectivity index (χ1v) is 39.2. The van der Waals surface area contributed by atoms with E-state index in [0.717, 1.165) is 89.8 Å². The first-order chi connectivity index (χ1) is 56.6. The minimum atomic E-state index is -3.41. The summed E-state index contributed by atoms with van der Waals surface area (Å²) in [6, 6.07) is 71.3. The molecular formula is C92H78N18O6S. The van der Waals surface area contributed by atoms with Gasteiger partial charge < -0.3 is 20.7 Å². The van der Waals surface area contributed by atoms with Crippen LogP contribution >= 0.6 is 0 Å². The Morgan fingerprint density at radius 2 is 0.812 bits per heavy atom. The number of ether oxygens (including phenoxy) is 1. The monoisotopic (exact) mass is 1560 g/mol. The predicted molar refractivity (Wildman–Crippen MR) is 462 cm³/mol. The number of hydrogen-bond acceptors (Lipinski definition) is 18. The van der Waals surface area contributed by atoms with Gasteiger partial charge in [0, 0.05) is 99.9 Å². The number of nitrogens with zero attached hydrogens (tertiary/aromatic N) is 14. The van der Waals surface area contributed by atoms with Crippen LogP contribution in [0.25, 0.3) is 104 Å². The number of hydrogen-bond donors (Lipinski definition) is 4. The molecule has 25 heteroatoms. The lowest BCUT2D eigenvalue weighted by atomic mass is 9.97. The van der Waals surface area contributed by atoms with Crippen LogP contribution in [-0.4, -0.2) is 80.3 Å². The quantitative estimate of drug-likeness (QED) is 0.0547. The lowest BCUT2D eigenvalue weighted by molar-refractivity contribution is 0.398. The minimum Gasteiger partial charge on any atom is -0.481 e. The number of methoxy groups -OCH3 is 1. The molecule has 0 bridgehead atoms. The van der Waals surface area contributed by atoms with Gasteiger partial charge in [0.1, 0.15) is 34.9 Å². The van der Waals surface area contributed by atoms with Crippen molar-refractivity contribution in [2.75, 3.05) is 34.0 Å². The maximum absolute atomic E-state index is 14.4. The van der Waals surface area contributed by atoms with Gasteiger partial charge in [0.05, 0.1) is 66.5 Å². The van der Waals surface area contributed by atoms with Crippen LogP contribution in [0.4, 0.5) is 34.5 Å². The van der Waals surface area contributed by atoms with Crippen molar-refractivity contribution in [2.24, 2.45) is 0 Å². The van der Waals surface area contributed by atoms with Crippen LogP contribution in [0.15, 0.2) is 282 Å². The van der Waals surface area contributed by atoms with Crippen molar-refractivity contribution in [1.29, 1.82) is 0 Å². The molecule has 9 aromatic heterocycles. The van der Waals surface area contributed by atoms with Crippen LogP contribution in [0.1, 0.15) is 79.1 Å². The molecule has 4 N–H and O–H groups in total. The first-order valence-electron chi connectivity index (χ1n) is 37.3. The van der Waals surface area contributed by atoms with Crippen molar-refractivity contribution in [1.82, 2.24) is 58.6 Å². The normalized spacial score (nSPS) is 11.9. The van der Waals surface area contributed by atoms with Gasteiger partial charge in [-0.15, -0.1) is 0 Å². The number of benzene rings is 7. The molecule has 9 heterocycles. The average molecular weight is 1560 g/mol. The average Bonchev–Trinajstić information content (AvgIpc) is 0.760. The van der Waals surface area contributed by atoms with Gasteiger partial charge >= 0.3 is 0 Å². The number of para-hydroxylation sites is 3. The summed E-state index contributed by atoms with van der Waals surface area (Å²) in [5.74, 6) is 3.74. The zero-order valence-corrected chi connectivity index (χ0v) is 66.1. The highest BCUT2D eigenvalue weighted by molar-refractivity contribution is 7.92. The van der Waals surface area contributed by atoms with E-state index < -0.39 is 16.1 Å². The standard InChI is InChI=1S/C33H28N6O.C30H26N6O3S.C29H24N6O2/c1-21-18-25(14-17-35-21)28-11-7-8-26-19-30(39(33(40)31(26)28)27-9-5-4-6-10-27)22(2)37-32-29(20-36-23(3)38-32)24-12-15-34-16-13-24;1-19(33-29-26(31-3)18-32-20(2)34-29)27-17-22-9-8-12-25(21-13-15-23(16-14-21)35-40(4,38)39)28(22)30(37)36(27)24-10-6-5-7-11-24;1-18(32-28-24(30-3)17-31-19(2)33-28)25-16-20-10-8-13-22(23-14-9-15-26(34-23)37-4)27(20)29(36)35(25)21-11-6-5-7-12-21/h4-20,22H,1-3H3,(H,36,37,38);5-19,35H,1-2,4H3,(H,32,33,34);5-18H,1-2,4H3,(H,31,32,33)/t22-;19-;18-/m000/s1. The van der Waals surface area contributed by atoms with E-state index in [9.17, 15) is 22.8 Å². The van der Waals surface area contributed by atoms with Crippen molar-refractivity contribution in [3.05, 3.63) is 362 Å². The van der Waals surface area contributed by atoms with E-state index in [0.29, 0.717) is 91.1 Å². The van der Waals surface area contributed by atoms with E-state index in [2.05, 4.69) is 76.3 Å². The number of anilines is 4. The van der Waals surface area contributed by atoms with Gasteiger partial charge in [-0.05, 0) is 190 Å². The smallest absolute Gasteiger partial charge is 0.263 e. The van der Waals surface area contributed by atoms with Crippen molar-refractivity contribution in [3.8, 4) is 67.6 Å². The highest BCUT2D eigenvalue weighted by atomic mass is 32.2. The number of sulfonamides is 1. The summed E-state index contributed by atoms with van der Waals surface area (Å²) in [7, 11) is -1.84. The number of nitrogens with one attached hydrogen (secondary N) is 4. The van der Waals surface area contributed by atoms with Crippen LogP contribution in [-0.2, 0) is 10.0 Å². The molecule has 0 aliphatic heterocycles. The summed E-state index contributed by atoms with van der Waals surface area (Å²) in [5.41, 5.74) is 12.5. The van der Waals surface area contributed by atoms with E-state index in [1.54, 1.807) is 83.6 Å². The summed E-state index contributed by atoms with van der Waals surface area (Å²) in [6.07, 6.45) is 11.2. The number of fused-ring (bicyclic) bond motifs is 3. The SMILES string of the molecule is Cc1cc(-c2cccc3cc([C@H](C)Nc4nc(C)ncc4-c4ccncc4)n(-c4ccccc4)c(=O)c23)ccn1.[C-]#[N+]c1cnc(C)nc1N[C@@H](C)c1cc2cccc(-c3ccc(NS(C)(=O)=O)cc3)c2c(=O)n1-c1ccccc1.[C-]#[N+]c1cnc(C)nc1N[C@@H](C)c1cc2cccc(-c3cccc(OC)n3)c2c(=O)n1-c1ccccc1. The zero-order chi connectivity index (χ0) is 82.0. The molecule has 24 nitrogen and oxygen atoms in total. The molecule has 0 aliphatic rings. The van der Waals surface area contributed by atoms with Crippen LogP contribution in [0.5, 0.6) is 5.88 Å². The molecule has 0 saturated carbocycles. The van der Waals surface area contributed by atoms with Crippen molar-refractivity contribution in [3.63, 3.8) is 0 Å². The summed E-state index contributed by atoms with van der Waals surface area (Å²) in [4.78, 5) is 89.3. The molecule has 0 unspecified atom stereocenters. The lowest BCUT2D eigenvalue weighted by Crippen LogP contribution is -2.26. The maximum Gasteiger partial charge on any atom is 0.263 e. The molecular weight excluding hydrogens is 1490 g/mol. The first kappa shape index (κ1) is 78.5. The predicted octanol–water partition coefficient (Wildman–Crippen LogP) is 18.4. The number of aromatic nitrogens is 12. The maximum atomic E-state index is 14.4. The Labute approximate surface area is 674 Å². The van der Waals surface area contributed by atoms with Gasteiger partial charge in [-0.1, -0.05) is 127 Å². The highest BCUT2D eigenvalue weighted by Crippen LogP contribution is 2.37. The Bertz CT molecular complexity index is 6820. The molecule has 7 aromatic carbocycles. The third-order valence-electron chi connectivity index (χ3n) is 19.5. The van der Waals surface area contributed by atoms with Gasteiger partial charge in [0.15, 0.2) is 0 Å². The number of pyridine rings is 6. The fraction of sp³-hybridized carbons (Fsp3) is 0.130. The summed E-state index contributed by atoms with van der Waals surface area (Å²) < 4.78 is 36.2. The summed E-state index contributed by atoms with van der Waals surface area (Å²) in [5, 5.41) is 14.4. The Kier molecular flexibility index (Phi) is 23.1. The fourth-order valence-electron chi connectivity index (χ4n) is 14.1. The van der Waals surface area contributed by atoms with Gasteiger partial charge in [0.2, 0.25) is 27.3 Å². The molecule has 0 radical (unpaired) electrons. The third-order valence-corrected chi connectivity index (χ3v) is 20.1. The van der Waals surface area contributed by atoms with Crippen LogP contribution in [0.2, 0.25) is 0 Å². The van der Waals surface area contributed by atoms with Gasteiger partial charge in [-0.25, -0.2) is 43.0 Å². The molecule has 0 saturated heterocycles. The molecule has 578 valence electrons. The molecule has 0 amide bonds. The summed E-state index contributed by atoms with van der Waals surface area (Å²) >= 11 is 0. The van der Waals surface area contributed by atoms with Gasteiger partial charge in [0.25, 0.3) is 16.7 Å². The molecule has 0 spiro atoms. The van der Waals surface area contributed by atoms with E-state index >= 15 is 0 Å². The second-order valence-corrected chi connectivity index (χ2v) is 29.4. The van der Waals surface area contributed by atoms with Crippen molar-refractivity contribution in [2.45, 2.75) is 66.6 Å². The van der Waals surface area contributed by atoms with Crippen molar-refractivity contribution < 1.29 is 13.2 Å². The van der Waals surface area contributed by atoms with E-state index in [1.807, 2.05) is 235 Å². The third kappa shape index (κ3) is 17.3. The lowest BCUT2D eigenvalue weighted by Gasteiger charge is -2.23. The molecule has 16 rings (SSSR count).